The maximum Gasteiger partial charge on any atom is 0.242 e. The number of hydrogen-bond donors (Lipinski definition) is 1. The van der Waals surface area contributed by atoms with E-state index in [0.29, 0.717) is 24.3 Å². The van der Waals surface area contributed by atoms with E-state index >= 15 is 0 Å². The molecule has 5 aliphatic rings. The molecule has 0 unspecified atom stereocenters. The molecule has 5 heteroatoms. The number of rotatable bonds is 6. The molecule has 0 spiro atoms. The summed E-state index contributed by atoms with van der Waals surface area (Å²) in [6.07, 6.45) is 8.91. The van der Waals surface area contributed by atoms with Crippen molar-refractivity contribution >= 4 is 11.8 Å². The zero-order valence-corrected chi connectivity index (χ0v) is 16.3. The van der Waals surface area contributed by atoms with Gasteiger partial charge in [0.05, 0.1) is 6.54 Å². The summed E-state index contributed by atoms with van der Waals surface area (Å²) in [6.45, 7) is 0.473. The van der Waals surface area contributed by atoms with E-state index in [1.807, 2.05) is 11.0 Å². The van der Waals surface area contributed by atoms with Gasteiger partial charge in [-0.3, -0.25) is 9.59 Å². The van der Waals surface area contributed by atoms with E-state index in [0.717, 1.165) is 37.7 Å². The number of carbonyl (C=O) groups is 2. The van der Waals surface area contributed by atoms with E-state index < -0.39 is 0 Å². The number of amides is 2. The second kappa shape index (κ2) is 6.85. The van der Waals surface area contributed by atoms with Crippen LogP contribution in [0.15, 0.2) is 24.3 Å². The van der Waals surface area contributed by atoms with E-state index in [4.69, 9.17) is 0 Å². The second-order valence-electron chi connectivity index (χ2n) is 9.76. The van der Waals surface area contributed by atoms with E-state index in [1.54, 1.807) is 6.07 Å². The summed E-state index contributed by atoms with van der Waals surface area (Å²) in [5.74, 6) is 1.90. The van der Waals surface area contributed by atoms with Crippen LogP contribution in [-0.2, 0) is 16.1 Å². The molecule has 5 saturated carbocycles. The Kier molecular flexibility index (Phi) is 4.44. The topological polar surface area (TPSA) is 49.4 Å². The van der Waals surface area contributed by atoms with E-state index in [-0.39, 0.29) is 35.6 Å². The van der Waals surface area contributed by atoms with Crippen LogP contribution in [0, 0.1) is 29.0 Å². The summed E-state index contributed by atoms with van der Waals surface area (Å²) in [6, 6.07) is 6.65. The maximum absolute atomic E-state index is 13.5. The van der Waals surface area contributed by atoms with Crippen LogP contribution in [0.4, 0.5) is 4.39 Å². The summed E-state index contributed by atoms with van der Waals surface area (Å²) in [7, 11) is 0. The predicted octanol–water partition coefficient (Wildman–Crippen LogP) is 3.65. The zero-order valence-electron chi connectivity index (χ0n) is 16.3. The molecular formula is C23H29FN2O2. The SMILES string of the molecule is O=C(CNC(=O)C12CC3CC(CC(C3)C1)C2)N(Cc1cccc(F)c1)C1CC1. The van der Waals surface area contributed by atoms with Crippen molar-refractivity contribution in [3.05, 3.63) is 35.6 Å². The molecule has 0 aromatic heterocycles. The normalized spacial score (nSPS) is 33.0. The van der Waals surface area contributed by atoms with Crippen molar-refractivity contribution in [3.8, 4) is 0 Å². The predicted molar refractivity (Wildman–Crippen MR) is 104 cm³/mol. The van der Waals surface area contributed by atoms with Gasteiger partial charge in [0, 0.05) is 18.0 Å². The second-order valence-corrected chi connectivity index (χ2v) is 9.76. The van der Waals surface area contributed by atoms with Crippen molar-refractivity contribution in [2.24, 2.45) is 23.2 Å². The summed E-state index contributed by atoms with van der Waals surface area (Å²) in [4.78, 5) is 27.8. The molecule has 5 aliphatic carbocycles. The molecule has 4 nitrogen and oxygen atoms in total. The van der Waals surface area contributed by atoms with Crippen LogP contribution in [0.25, 0.3) is 0 Å². The van der Waals surface area contributed by atoms with Crippen molar-refractivity contribution in [1.82, 2.24) is 10.2 Å². The molecule has 2 amide bonds. The molecule has 28 heavy (non-hydrogen) atoms. The average molecular weight is 384 g/mol. The molecule has 0 saturated heterocycles. The first-order chi connectivity index (χ1) is 13.5. The van der Waals surface area contributed by atoms with Crippen molar-refractivity contribution in [1.29, 1.82) is 0 Å². The van der Waals surface area contributed by atoms with Gasteiger partial charge in [-0.1, -0.05) is 12.1 Å². The molecule has 5 fully saturated rings. The number of nitrogens with one attached hydrogen (secondary N) is 1. The first kappa shape index (κ1) is 18.1. The quantitative estimate of drug-likeness (QED) is 0.814. The van der Waals surface area contributed by atoms with Crippen molar-refractivity contribution in [2.45, 2.75) is 64.0 Å². The Morgan fingerprint density at radius 1 is 1.07 bits per heavy atom. The Hall–Kier alpha value is -1.91. The molecule has 0 atom stereocenters. The van der Waals surface area contributed by atoms with Gasteiger partial charge < -0.3 is 10.2 Å². The first-order valence-corrected chi connectivity index (χ1v) is 10.8. The van der Waals surface area contributed by atoms with Gasteiger partial charge in [-0.2, -0.15) is 0 Å². The lowest BCUT2D eigenvalue weighted by Crippen LogP contribution is -2.54. The minimum absolute atomic E-state index is 0.0511. The smallest absolute Gasteiger partial charge is 0.242 e. The van der Waals surface area contributed by atoms with Gasteiger partial charge in [0.25, 0.3) is 0 Å². The standard InChI is InChI=1S/C23H29FN2O2/c24-19-3-1-2-15(9-19)14-26(20-4-5-20)21(27)13-25-22(28)23-10-16-6-17(11-23)8-18(7-16)12-23/h1-3,9,16-18,20H,4-8,10-14H2,(H,25,28). The molecule has 6 rings (SSSR count). The largest absolute Gasteiger partial charge is 0.347 e. The highest BCUT2D eigenvalue weighted by atomic mass is 19.1. The van der Waals surface area contributed by atoms with Gasteiger partial charge in [-0.05, 0) is 86.8 Å². The molecule has 1 aromatic carbocycles. The molecule has 0 heterocycles. The fourth-order valence-electron chi connectivity index (χ4n) is 6.47. The van der Waals surface area contributed by atoms with Crippen molar-refractivity contribution < 1.29 is 14.0 Å². The summed E-state index contributed by atoms with van der Waals surface area (Å²) in [5.41, 5.74) is 0.579. The Bertz CT molecular complexity index is 753. The lowest BCUT2D eigenvalue weighted by atomic mass is 9.49. The summed E-state index contributed by atoms with van der Waals surface area (Å²) < 4.78 is 13.5. The number of carbonyl (C=O) groups excluding carboxylic acids is 2. The van der Waals surface area contributed by atoms with E-state index in [9.17, 15) is 14.0 Å². The molecule has 0 aliphatic heterocycles. The van der Waals surface area contributed by atoms with Crippen molar-refractivity contribution in [3.63, 3.8) is 0 Å². The third kappa shape index (κ3) is 3.44. The van der Waals surface area contributed by atoms with Gasteiger partial charge in [0.2, 0.25) is 11.8 Å². The van der Waals surface area contributed by atoms with Crippen LogP contribution in [0.5, 0.6) is 0 Å². The van der Waals surface area contributed by atoms with Gasteiger partial charge in [0.15, 0.2) is 0 Å². The molecule has 0 radical (unpaired) electrons. The van der Waals surface area contributed by atoms with Crippen molar-refractivity contribution in [2.75, 3.05) is 6.54 Å². The summed E-state index contributed by atoms with van der Waals surface area (Å²) >= 11 is 0. The lowest BCUT2D eigenvalue weighted by molar-refractivity contribution is -0.148. The van der Waals surface area contributed by atoms with Crippen LogP contribution in [0.2, 0.25) is 0 Å². The van der Waals surface area contributed by atoms with Crippen LogP contribution in [0.1, 0.15) is 56.9 Å². The fourth-order valence-corrected chi connectivity index (χ4v) is 6.47. The minimum Gasteiger partial charge on any atom is -0.347 e. The van der Waals surface area contributed by atoms with Gasteiger partial charge >= 0.3 is 0 Å². The van der Waals surface area contributed by atoms with Crippen LogP contribution >= 0.6 is 0 Å². The molecule has 4 bridgehead atoms. The third-order valence-corrected chi connectivity index (χ3v) is 7.47. The first-order valence-electron chi connectivity index (χ1n) is 10.8. The molecule has 150 valence electrons. The highest BCUT2D eigenvalue weighted by Gasteiger charge is 2.54. The third-order valence-electron chi connectivity index (χ3n) is 7.47. The van der Waals surface area contributed by atoms with Gasteiger partial charge in [0.1, 0.15) is 5.82 Å². The summed E-state index contributed by atoms with van der Waals surface area (Å²) in [5, 5.41) is 3.00. The zero-order chi connectivity index (χ0) is 19.3. The Labute approximate surface area is 165 Å². The Morgan fingerprint density at radius 3 is 2.29 bits per heavy atom. The molecular weight excluding hydrogens is 355 g/mol. The average Bonchev–Trinajstić information content (AvgIpc) is 3.48. The number of halogens is 1. The van der Waals surface area contributed by atoms with Crippen LogP contribution < -0.4 is 5.32 Å². The number of hydrogen-bond acceptors (Lipinski definition) is 2. The number of nitrogens with zero attached hydrogens (tertiary/aromatic N) is 1. The van der Waals surface area contributed by atoms with Gasteiger partial charge in [-0.15, -0.1) is 0 Å². The molecule has 1 N–H and O–H groups in total. The van der Waals surface area contributed by atoms with E-state index in [1.165, 1.54) is 31.4 Å². The monoisotopic (exact) mass is 384 g/mol. The van der Waals surface area contributed by atoms with E-state index in [2.05, 4.69) is 5.32 Å². The van der Waals surface area contributed by atoms with Crippen LogP contribution in [-0.4, -0.2) is 29.3 Å². The van der Waals surface area contributed by atoms with Gasteiger partial charge in [-0.25, -0.2) is 4.39 Å². The maximum atomic E-state index is 13.5. The van der Waals surface area contributed by atoms with Crippen LogP contribution in [0.3, 0.4) is 0 Å². The number of benzene rings is 1. The minimum atomic E-state index is -0.282. The Morgan fingerprint density at radius 2 is 1.71 bits per heavy atom. The highest BCUT2D eigenvalue weighted by molar-refractivity contribution is 5.88. The fraction of sp³-hybridized carbons (Fsp3) is 0.652. The lowest BCUT2D eigenvalue weighted by Gasteiger charge is -2.55. The highest BCUT2D eigenvalue weighted by Crippen LogP contribution is 2.60. The Balaban J connectivity index is 1.22. The molecule has 1 aromatic rings.